The summed E-state index contributed by atoms with van der Waals surface area (Å²) >= 11 is 0. The lowest BCUT2D eigenvalue weighted by atomic mass is 10.0. The Labute approximate surface area is 96.5 Å². The van der Waals surface area contributed by atoms with Crippen LogP contribution in [0.2, 0.25) is 0 Å². The normalized spacial score (nSPS) is 28.8. The molecule has 2 heteroatoms. The Morgan fingerprint density at radius 3 is 2.88 bits per heavy atom. The van der Waals surface area contributed by atoms with Crippen molar-refractivity contribution >= 4 is 0 Å². The molecule has 1 fully saturated rings. The Bertz CT molecular complexity index is 398. The van der Waals surface area contributed by atoms with Gasteiger partial charge in [-0.25, -0.2) is 0 Å². The van der Waals surface area contributed by atoms with Crippen molar-refractivity contribution in [3.05, 3.63) is 47.7 Å². The van der Waals surface area contributed by atoms with Crippen LogP contribution >= 0.6 is 0 Å². The highest BCUT2D eigenvalue weighted by Gasteiger charge is 2.34. The van der Waals surface area contributed by atoms with E-state index in [2.05, 4.69) is 48.4 Å². The maximum Gasteiger partial charge on any atom is 0.130 e. The van der Waals surface area contributed by atoms with Crippen molar-refractivity contribution in [3.63, 3.8) is 0 Å². The fourth-order valence-electron chi connectivity index (χ4n) is 2.59. The average Bonchev–Trinajstić information content (AvgIpc) is 2.73. The Kier molecular flexibility index (Phi) is 2.44. The number of fused-ring (bicyclic) bond motifs is 1. The van der Waals surface area contributed by atoms with E-state index in [0.29, 0.717) is 12.3 Å². The highest BCUT2D eigenvalue weighted by Crippen LogP contribution is 2.36. The van der Waals surface area contributed by atoms with Crippen molar-refractivity contribution in [2.45, 2.75) is 32.0 Å². The lowest BCUT2D eigenvalue weighted by Gasteiger charge is -2.31. The third-order valence-electron chi connectivity index (χ3n) is 3.48. The van der Waals surface area contributed by atoms with Crippen LogP contribution in [0.4, 0.5) is 0 Å². The van der Waals surface area contributed by atoms with Gasteiger partial charge in [-0.1, -0.05) is 35.9 Å². The highest BCUT2D eigenvalue weighted by molar-refractivity contribution is 5.22. The molecule has 3 rings (SSSR count). The van der Waals surface area contributed by atoms with Crippen LogP contribution in [0.25, 0.3) is 0 Å². The summed E-state index contributed by atoms with van der Waals surface area (Å²) in [5.41, 5.74) is 2.82. The van der Waals surface area contributed by atoms with Crippen molar-refractivity contribution in [2.24, 2.45) is 0 Å². The molecule has 2 atom stereocenters. The largest absolute Gasteiger partial charge is 0.356 e. The van der Waals surface area contributed by atoms with Crippen LogP contribution in [0.3, 0.4) is 0 Å². The van der Waals surface area contributed by atoms with E-state index >= 15 is 0 Å². The van der Waals surface area contributed by atoms with Crippen LogP contribution in [-0.2, 0) is 4.74 Å². The number of rotatable bonds is 1. The molecule has 0 saturated carbocycles. The molecule has 0 aromatic heterocycles. The maximum absolute atomic E-state index is 5.85. The zero-order valence-electron chi connectivity index (χ0n) is 9.60. The van der Waals surface area contributed by atoms with E-state index in [9.17, 15) is 0 Å². The van der Waals surface area contributed by atoms with Gasteiger partial charge in [-0.05, 0) is 25.3 Å². The van der Waals surface area contributed by atoms with Crippen molar-refractivity contribution < 1.29 is 4.74 Å². The molecule has 0 unspecified atom stereocenters. The van der Waals surface area contributed by atoms with E-state index in [0.717, 1.165) is 13.0 Å². The summed E-state index contributed by atoms with van der Waals surface area (Å²) in [6, 6.07) is 11.0. The van der Waals surface area contributed by atoms with E-state index < -0.39 is 0 Å². The van der Waals surface area contributed by atoms with Crippen LogP contribution in [0.1, 0.15) is 31.4 Å². The van der Waals surface area contributed by atoms with Crippen LogP contribution in [0.5, 0.6) is 0 Å². The molecule has 0 spiro atoms. The second-order valence-corrected chi connectivity index (χ2v) is 4.68. The number of nitrogens with zero attached hydrogens (tertiary/aromatic N) is 1. The first kappa shape index (κ1) is 9.91. The third kappa shape index (κ3) is 1.63. The molecular formula is C14H17NO. The van der Waals surface area contributed by atoms with Gasteiger partial charge in [-0.2, -0.15) is 0 Å². The summed E-state index contributed by atoms with van der Waals surface area (Å²) in [4.78, 5) is 2.38. The molecule has 2 nitrogen and oxygen atoms in total. The van der Waals surface area contributed by atoms with Gasteiger partial charge < -0.3 is 9.64 Å². The fourth-order valence-corrected chi connectivity index (χ4v) is 2.59. The first-order chi connectivity index (χ1) is 7.84. The predicted molar refractivity (Wildman–Crippen MR) is 63.8 cm³/mol. The van der Waals surface area contributed by atoms with Crippen LogP contribution < -0.4 is 0 Å². The van der Waals surface area contributed by atoms with Crippen molar-refractivity contribution in [2.75, 3.05) is 6.61 Å². The first-order valence-electron chi connectivity index (χ1n) is 5.96. The van der Waals surface area contributed by atoms with Crippen LogP contribution in [0, 0.1) is 0 Å². The number of hydrogen-bond donors (Lipinski definition) is 0. The van der Waals surface area contributed by atoms with Crippen molar-refractivity contribution in [1.29, 1.82) is 0 Å². The number of hydrogen-bond acceptors (Lipinski definition) is 2. The van der Waals surface area contributed by atoms with Gasteiger partial charge in [-0.3, -0.25) is 0 Å². The quantitative estimate of drug-likeness (QED) is 0.713. The standard InChI is InChI=1S/C14H17NO/c1-11-7-8-14-15(9-11)13(10-16-14)12-5-3-2-4-6-12/h2-6,9,13-14H,7-8,10H2,1H3/t13-,14-/m0/s1. The highest BCUT2D eigenvalue weighted by atomic mass is 16.5. The molecule has 1 saturated heterocycles. The van der Waals surface area contributed by atoms with Gasteiger partial charge in [-0.15, -0.1) is 0 Å². The van der Waals surface area contributed by atoms with Crippen molar-refractivity contribution in [3.8, 4) is 0 Å². The zero-order valence-corrected chi connectivity index (χ0v) is 9.60. The molecule has 0 aliphatic carbocycles. The van der Waals surface area contributed by atoms with E-state index in [1.807, 2.05) is 0 Å². The van der Waals surface area contributed by atoms with E-state index in [1.165, 1.54) is 17.6 Å². The third-order valence-corrected chi connectivity index (χ3v) is 3.48. The van der Waals surface area contributed by atoms with E-state index in [-0.39, 0.29) is 0 Å². The number of allylic oxidation sites excluding steroid dienone is 1. The Hall–Kier alpha value is -1.28. The van der Waals surface area contributed by atoms with Gasteiger partial charge in [0, 0.05) is 6.20 Å². The van der Waals surface area contributed by atoms with Crippen molar-refractivity contribution in [1.82, 2.24) is 4.90 Å². The van der Waals surface area contributed by atoms with Gasteiger partial charge in [0.25, 0.3) is 0 Å². The fraction of sp³-hybridized carbons (Fsp3) is 0.429. The zero-order chi connectivity index (χ0) is 11.0. The Balaban J connectivity index is 1.90. The van der Waals surface area contributed by atoms with Crippen LogP contribution in [0.15, 0.2) is 42.1 Å². The first-order valence-corrected chi connectivity index (χ1v) is 5.96. The molecule has 0 amide bonds. The molecule has 1 aromatic carbocycles. The van der Waals surface area contributed by atoms with Gasteiger partial charge in [0.2, 0.25) is 0 Å². The summed E-state index contributed by atoms with van der Waals surface area (Å²) in [5, 5.41) is 0. The minimum atomic E-state index is 0.300. The second-order valence-electron chi connectivity index (χ2n) is 4.68. The number of benzene rings is 1. The molecule has 0 radical (unpaired) electrons. The average molecular weight is 215 g/mol. The minimum absolute atomic E-state index is 0.300. The second kappa shape index (κ2) is 3.95. The van der Waals surface area contributed by atoms with Gasteiger partial charge in [0.05, 0.1) is 12.6 Å². The molecule has 2 aliphatic heterocycles. The van der Waals surface area contributed by atoms with Gasteiger partial charge in [0.1, 0.15) is 6.23 Å². The monoisotopic (exact) mass is 215 g/mol. The Morgan fingerprint density at radius 2 is 2.06 bits per heavy atom. The van der Waals surface area contributed by atoms with E-state index in [1.54, 1.807) is 0 Å². The lowest BCUT2D eigenvalue weighted by Crippen LogP contribution is -2.30. The van der Waals surface area contributed by atoms with Gasteiger partial charge in [0.15, 0.2) is 0 Å². The molecule has 2 aliphatic rings. The summed E-state index contributed by atoms with van der Waals surface area (Å²) < 4.78 is 5.85. The smallest absolute Gasteiger partial charge is 0.130 e. The molecule has 0 N–H and O–H groups in total. The van der Waals surface area contributed by atoms with Gasteiger partial charge >= 0.3 is 0 Å². The van der Waals surface area contributed by atoms with E-state index in [4.69, 9.17) is 4.74 Å². The molecule has 2 heterocycles. The lowest BCUT2D eigenvalue weighted by molar-refractivity contribution is 0.0409. The molecule has 16 heavy (non-hydrogen) atoms. The SMILES string of the molecule is CC1=CN2[C@H](CC1)OC[C@H]2c1ccccc1. The topological polar surface area (TPSA) is 12.5 Å². The molecule has 84 valence electrons. The predicted octanol–water partition coefficient (Wildman–Crippen LogP) is 3.08. The number of ether oxygens (including phenoxy) is 1. The molecular weight excluding hydrogens is 198 g/mol. The summed E-state index contributed by atoms with van der Waals surface area (Å²) in [7, 11) is 0. The summed E-state index contributed by atoms with van der Waals surface area (Å²) in [6.07, 6.45) is 4.88. The Morgan fingerprint density at radius 1 is 1.25 bits per heavy atom. The van der Waals surface area contributed by atoms with Crippen LogP contribution in [-0.4, -0.2) is 17.7 Å². The minimum Gasteiger partial charge on any atom is -0.356 e. The summed E-state index contributed by atoms with van der Waals surface area (Å²) in [6.45, 7) is 3.02. The molecule has 0 bridgehead atoms. The summed E-state index contributed by atoms with van der Waals surface area (Å²) in [5.74, 6) is 0. The molecule has 1 aromatic rings. The maximum atomic E-state index is 5.85.